The van der Waals surface area contributed by atoms with E-state index in [1.54, 1.807) is 66.7 Å². The Kier molecular flexibility index (Phi) is 6.48. The third-order valence-corrected chi connectivity index (χ3v) is 4.47. The van der Waals surface area contributed by atoms with Gasteiger partial charge < -0.3 is 19.5 Å². The first-order chi connectivity index (χ1) is 14.0. The zero-order chi connectivity index (χ0) is 20.6. The number of imidazole rings is 1. The number of amides is 2. The fourth-order valence-electron chi connectivity index (χ4n) is 2.81. The molecule has 3 rings (SSSR count). The molecule has 0 spiro atoms. The number of rotatable bonds is 7. The smallest absolute Gasteiger partial charge is 0.321 e. The highest BCUT2D eigenvalue weighted by Gasteiger charge is 2.09. The number of urea groups is 1. The molecule has 0 unspecified atom stereocenters. The molecule has 0 fully saturated rings. The summed E-state index contributed by atoms with van der Waals surface area (Å²) in [6.07, 6.45) is 4.56. The van der Waals surface area contributed by atoms with E-state index < -0.39 is 0 Å². The third kappa shape index (κ3) is 5.59. The molecule has 1 aromatic heterocycles. The lowest BCUT2D eigenvalue weighted by atomic mass is 10.2. The summed E-state index contributed by atoms with van der Waals surface area (Å²) in [5, 5.41) is 11.8. The number of nitrogens with one attached hydrogen (secondary N) is 1. The SMILES string of the molecule is Cc1nccn1CCCN(C)C(=O)Nc1ccc(Oc2cccc(C#N)c2)cc1. The molecule has 0 aliphatic heterocycles. The van der Waals surface area contributed by atoms with Crippen LogP contribution in [0.15, 0.2) is 60.9 Å². The van der Waals surface area contributed by atoms with Gasteiger partial charge >= 0.3 is 6.03 Å². The van der Waals surface area contributed by atoms with Gasteiger partial charge in [0.15, 0.2) is 0 Å². The van der Waals surface area contributed by atoms with Gasteiger partial charge in [-0.2, -0.15) is 5.26 Å². The molecule has 0 bridgehead atoms. The van der Waals surface area contributed by atoms with Gasteiger partial charge in [-0.3, -0.25) is 0 Å². The highest BCUT2D eigenvalue weighted by atomic mass is 16.5. The first kappa shape index (κ1) is 20.0. The van der Waals surface area contributed by atoms with Crippen LogP contribution in [0.1, 0.15) is 17.8 Å². The van der Waals surface area contributed by atoms with Crippen molar-refractivity contribution in [1.82, 2.24) is 14.5 Å². The van der Waals surface area contributed by atoms with Crippen LogP contribution < -0.4 is 10.1 Å². The van der Waals surface area contributed by atoms with Gasteiger partial charge in [-0.1, -0.05) is 6.07 Å². The molecule has 0 atom stereocenters. The normalized spacial score (nSPS) is 10.2. The molecule has 0 aliphatic carbocycles. The summed E-state index contributed by atoms with van der Waals surface area (Å²) in [4.78, 5) is 18.2. The second kappa shape index (κ2) is 9.42. The van der Waals surface area contributed by atoms with Crippen LogP contribution in [-0.4, -0.2) is 34.1 Å². The molecule has 0 saturated carbocycles. The Labute approximate surface area is 170 Å². The zero-order valence-electron chi connectivity index (χ0n) is 16.5. The highest BCUT2D eigenvalue weighted by molar-refractivity contribution is 5.89. The van der Waals surface area contributed by atoms with Gasteiger partial charge in [-0.25, -0.2) is 9.78 Å². The van der Waals surface area contributed by atoms with Crippen LogP contribution in [0.5, 0.6) is 11.5 Å². The van der Waals surface area contributed by atoms with Gasteiger partial charge in [-0.05, 0) is 55.8 Å². The van der Waals surface area contributed by atoms with E-state index in [0.29, 0.717) is 29.3 Å². The molecule has 0 saturated heterocycles. The Morgan fingerprint density at radius 1 is 1.24 bits per heavy atom. The number of nitriles is 1. The molecule has 3 aromatic rings. The van der Waals surface area contributed by atoms with Crippen LogP contribution in [0.4, 0.5) is 10.5 Å². The van der Waals surface area contributed by atoms with Crippen LogP contribution in [0.25, 0.3) is 0 Å². The molecular weight excluding hydrogens is 366 g/mol. The Bertz CT molecular complexity index is 1000. The minimum atomic E-state index is -0.164. The first-order valence-electron chi connectivity index (χ1n) is 9.33. The summed E-state index contributed by atoms with van der Waals surface area (Å²) < 4.78 is 7.81. The third-order valence-electron chi connectivity index (χ3n) is 4.47. The number of carbonyl (C=O) groups excluding carboxylic acids is 1. The molecule has 7 nitrogen and oxygen atoms in total. The van der Waals surface area contributed by atoms with E-state index in [-0.39, 0.29) is 6.03 Å². The van der Waals surface area contributed by atoms with Crippen molar-refractivity contribution in [3.05, 3.63) is 72.3 Å². The van der Waals surface area contributed by atoms with Gasteiger partial charge in [0.25, 0.3) is 0 Å². The molecule has 0 radical (unpaired) electrons. The molecule has 1 N–H and O–H groups in total. The van der Waals surface area contributed by atoms with Crippen LogP contribution in [0.3, 0.4) is 0 Å². The van der Waals surface area contributed by atoms with Crippen molar-refractivity contribution in [3.63, 3.8) is 0 Å². The minimum Gasteiger partial charge on any atom is -0.457 e. The monoisotopic (exact) mass is 389 g/mol. The minimum absolute atomic E-state index is 0.164. The number of hydrogen-bond acceptors (Lipinski definition) is 4. The average Bonchev–Trinajstić information content (AvgIpc) is 3.14. The first-order valence-corrected chi connectivity index (χ1v) is 9.33. The Hall–Kier alpha value is -3.79. The molecule has 1 heterocycles. The molecule has 29 heavy (non-hydrogen) atoms. The van der Waals surface area contributed by atoms with Crippen molar-refractivity contribution in [1.29, 1.82) is 5.26 Å². The Morgan fingerprint density at radius 3 is 2.72 bits per heavy atom. The number of aryl methyl sites for hydroxylation is 2. The Balaban J connectivity index is 1.48. The maximum Gasteiger partial charge on any atom is 0.321 e. The van der Waals surface area contributed by atoms with Gasteiger partial charge in [0.2, 0.25) is 0 Å². The fraction of sp³-hybridized carbons (Fsp3) is 0.227. The predicted octanol–water partition coefficient (Wildman–Crippen LogP) is 4.41. The van der Waals surface area contributed by atoms with E-state index in [1.165, 1.54) is 0 Å². The second-order valence-electron chi connectivity index (χ2n) is 6.64. The summed E-state index contributed by atoms with van der Waals surface area (Å²) in [6.45, 7) is 3.42. The van der Waals surface area contributed by atoms with E-state index in [1.807, 2.05) is 13.1 Å². The van der Waals surface area contributed by atoms with Crippen molar-refractivity contribution in [2.24, 2.45) is 0 Å². The standard InChI is InChI=1S/C22H23N5O2/c1-17-24-11-14-27(17)13-4-12-26(2)22(28)25-19-7-9-20(10-8-19)29-21-6-3-5-18(15-21)16-23/h3,5-11,14-15H,4,12-13H2,1-2H3,(H,25,28). The predicted molar refractivity (Wildman–Crippen MR) is 111 cm³/mol. The summed E-state index contributed by atoms with van der Waals surface area (Å²) in [5.74, 6) is 2.19. The van der Waals surface area contributed by atoms with Crippen molar-refractivity contribution in [2.75, 3.05) is 18.9 Å². The largest absolute Gasteiger partial charge is 0.457 e. The second-order valence-corrected chi connectivity index (χ2v) is 6.64. The van der Waals surface area contributed by atoms with E-state index in [9.17, 15) is 4.79 Å². The summed E-state index contributed by atoms with van der Waals surface area (Å²) in [5.41, 5.74) is 1.23. The molecule has 148 valence electrons. The van der Waals surface area contributed by atoms with E-state index in [0.717, 1.165) is 18.8 Å². The quantitative estimate of drug-likeness (QED) is 0.649. The molecular formula is C22H23N5O2. The van der Waals surface area contributed by atoms with Crippen molar-refractivity contribution < 1.29 is 9.53 Å². The number of aromatic nitrogens is 2. The number of anilines is 1. The van der Waals surface area contributed by atoms with Gasteiger partial charge in [0, 0.05) is 38.2 Å². The highest BCUT2D eigenvalue weighted by Crippen LogP contribution is 2.23. The summed E-state index contributed by atoms with van der Waals surface area (Å²) in [6, 6.07) is 16.0. The number of ether oxygens (including phenoxy) is 1. The lowest BCUT2D eigenvalue weighted by Gasteiger charge is -2.18. The van der Waals surface area contributed by atoms with Crippen LogP contribution in [-0.2, 0) is 6.54 Å². The van der Waals surface area contributed by atoms with E-state index in [2.05, 4.69) is 20.9 Å². The van der Waals surface area contributed by atoms with Crippen LogP contribution >= 0.6 is 0 Å². The lowest BCUT2D eigenvalue weighted by Crippen LogP contribution is -2.32. The lowest BCUT2D eigenvalue weighted by molar-refractivity contribution is 0.221. The number of hydrogen-bond donors (Lipinski definition) is 1. The van der Waals surface area contributed by atoms with Crippen molar-refractivity contribution in [2.45, 2.75) is 19.9 Å². The number of nitrogens with zero attached hydrogens (tertiary/aromatic N) is 4. The topological polar surface area (TPSA) is 83.2 Å². The van der Waals surface area contributed by atoms with Gasteiger partial charge in [0.1, 0.15) is 17.3 Å². The van der Waals surface area contributed by atoms with Crippen molar-refractivity contribution in [3.8, 4) is 17.6 Å². The maximum absolute atomic E-state index is 12.4. The maximum atomic E-state index is 12.4. The molecule has 2 amide bonds. The Morgan fingerprint density at radius 2 is 2.03 bits per heavy atom. The molecule has 0 aliphatic rings. The average molecular weight is 389 g/mol. The van der Waals surface area contributed by atoms with Gasteiger partial charge in [0.05, 0.1) is 11.6 Å². The summed E-state index contributed by atoms with van der Waals surface area (Å²) in [7, 11) is 1.77. The fourth-order valence-corrected chi connectivity index (χ4v) is 2.81. The van der Waals surface area contributed by atoms with Crippen LogP contribution in [0.2, 0.25) is 0 Å². The van der Waals surface area contributed by atoms with E-state index >= 15 is 0 Å². The number of benzene rings is 2. The van der Waals surface area contributed by atoms with Crippen LogP contribution in [0, 0.1) is 18.3 Å². The summed E-state index contributed by atoms with van der Waals surface area (Å²) >= 11 is 0. The number of carbonyl (C=O) groups is 1. The van der Waals surface area contributed by atoms with E-state index in [4.69, 9.17) is 10.00 Å². The van der Waals surface area contributed by atoms with Crippen molar-refractivity contribution >= 4 is 11.7 Å². The zero-order valence-corrected chi connectivity index (χ0v) is 16.5. The molecule has 2 aromatic carbocycles. The van der Waals surface area contributed by atoms with Gasteiger partial charge in [-0.15, -0.1) is 0 Å². The molecule has 7 heteroatoms.